The van der Waals surface area contributed by atoms with Gasteiger partial charge in [-0.3, -0.25) is 14.6 Å². The van der Waals surface area contributed by atoms with Crippen LogP contribution in [0.15, 0.2) is 41.2 Å². The first kappa shape index (κ1) is 32.7. The van der Waals surface area contributed by atoms with Gasteiger partial charge in [0, 0.05) is 41.9 Å². The largest absolute Gasteiger partial charge is 0.480 e. The summed E-state index contributed by atoms with van der Waals surface area (Å²) < 4.78 is 88.5. The summed E-state index contributed by atoms with van der Waals surface area (Å²) in [6, 6.07) is 1.59. The zero-order valence-electron chi connectivity index (χ0n) is 23.7. The molecule has 0 bridgehead atoms. The van der Waals surface area contributed by atoms with Crippen LogP contribution in [0.3, 0.4) is 0 Å². The smallest absolute Gasteiger partial charge is 0.425 e. The van der Waals surface area contributed by atoms with Crippen molar-refractivity contribution in [2.24, 2.45) is 0 Å². The van der Waals surface area contributed by atoms with Gasteiger partial charge in [0.2, 0.25) is 5.60 Å². The van der Waals surface area contributed by atoms with Crippen LogP contribution < -0.4 is 4.74 Å². The van der Waals surface area contributed by atoms with E-state index >= 15 is 0 Å². The third-order valence-corrected chi connectivity index (χ3v) is 9.91. The van der Waals surface area contributed by atoms with E-state index in [1.165, 1.54) is 11.3 Å². The Morgan fingerprint density at radius 3 is 2.51 bits per heavy atom. The second-order valence-corrected chi connectivity index (χ2v) is 12.7. The highest BCUT2D eigenvalue weighted by Gasteiger charge is 2.57. The van der Waals surface area contributed by atoms with E-state index in [4.69, 9.17) is 4.74 Å². The zero-order valence-corrected chi connectivity index (χ0v) is 25.3. The average Bonchev–Trinajstić information content (AvgIpc) is 3.65. The highest BCUT2D eigenvalue weighted by Crippen LogP contribution is 2.43. The van der Waals surface area contributed by atoms with Crippen molar-refractivity contribution in [2.75, 3.05) is 6.54 Å². The molecule has 2 aliphatic rings. The van der Waals surface area contributed by atoms with E-state index in [-0.39, 0.29) is 44.5 Å². The van der Waals surface area contributed by atoms with Crippen molar-refractivity contribution in [2.45, 2.75) is 75.6 Å². The molecule has 1 N–H and O–H groups in total. The lowest BCUT2D eigenvalue weighted by molar-refractivity contribution is -0.168. The van der Waals surface area contributed by atoms with Crippen molar-refractivity contribution in [3.8, 4) is 5.75 Å². The van der Waals surface area contributed by atoms with Crippen molar-refractivity contribution < 1.29 is 50.6 Å². The van der Waals surface area contributed by atoms with Crippen LogP contribution in [0.25, 0.3) is 0 Å². The van der Waals surface area contributed by atoms with Crippen LogP contribution in [0.1, 0.15) is 64.0 Å². The first-order valence-corrected chi connectivity index (χ1v) is 15.7. The molecule has 8 nitrogen and oxygen atoms in total. The van der Waals surface area contributed by atoms with E-state index in [1.807, 2.05) is 0 Å². The molecule has 1 fully saturated rings. The van der Waals surface area contributed by atoms with Gasteiger partial charge in [0.05, 0.1) is 18.2 Å². The number of alkyl halides is 6. The van der Waals surface area contributed by atoms with Gasteiger partial charge in [0.25, 0.3) is 11.8 Å². The Bertz CT molecular complexity index is 1590. The lowest BCUT2D eigenvalue weighted by atomic mass is 9.79. The number of amides is 2. The van der Waals surface area contributed by atoms with Gasteiger partial charge in [-0.1, -0.05) is 13.3 Å². The maximum atomic E-state index is 14.7. The quantitative estimate of drug-likeness (QED) is 0.287. The maximum absolute atomic E-state index is 14.7. The van der Waals surface area contributed by atoms with Gasteiger partial charge in [0.15, 0.2) is 0 Å². The molecule has 0 spiro atoms. The SMILES string of the molecule is CCCC1N(C(=O)c2ncccc2C(F)(F)F)CCCC1(Oc1csc(C(F)(F)F)c1)C(=O)N1Cc2sccc2CC1C(=O)O. The van der Waals surface area contributed by atoms with Crippen LogP contribution in [-0.4, -0.2) is 61.9 Å². The van der Waals surface area contributed by atoms with Gasteiger partial charge in [-0.05, 0) is 42.0 Å². The molecule has 3 unspecified atom stereocenters. The summed E-state index contributed by atoms with van der Waals surface area (Å²) in [5.41, 5.74) is -3.56. The number of rotatable bonds is 7. The number of carboxylic acid groups (broad SMARTS) is 1. The Hall–Kier alpha value is -3.66. The van der Waals surface area contributed by atoms with Gasteiger partial charge in [-0.2, -0.15) is 26.3 Å². The maximum Gasteiger partial charge on any atom is 0.425 e. The minimum absolute atomic E-state index is 0.0117. The molecule has 3 aromatic rings. The van der Waals surface area contributed by atoms with Crippen LogP contribution in [0.5, 0.6) is 5.75 Å². The van der Waals surface area contributed by atoms with Crippen molar-refractivity contribution in [1.82, 2.24) is 14.8 Å². The second-order valence-electron chi connectivity index (χ2n) is 10.8. The lowest BCUT2D eigenvalue weighted by Gasteiger charge is -2.50. The van der Waals surface area contributed by atoms with Gasteiger partial charge >= 0.3 is 18.3 Å². The molecular formula is C29H27F6N3O5S2. The molecule has 3 aromatic heterocycles. The molecule has 5 heterocycles. The molecule has 0 aliphatic carbocycles. The van der Waals surface area contributed by atoms with E-state index in [0.717, 1.165) is 33.0 Å². The van der Waals surface area contributed by atoms with Crippen molar-refractivity contribution in [1.29, 1.82) is 0 Å². The number of hydrogen-bond acceptors (Lipinski definition) is 7. The minimum atomic E-state index is -4.93. The molecule has 5 rings (SSSR count). The van der Waals surface area contributed by atoms with Crippen LogP contribution >= 0.6 is 22.7 Å². The van der Waals surface area contributed by atoms with Gasteiger partial charge in [-0.15, -0.1) is 22.7 Å². The van der Waals surface area contributed by atoms with Crippen LogP contribution in [0, 0.1) is 0 Å². The molecule has 2 amide bonds. The zero-order chi connectivity index (χ0) is 32.7. The third-order valence-electron chi connectivity index (χ3n) is 8.00. The number of pyridine rings is 1. The highest BCUT2D eigenvalue weighted by molar-refractivity contribution is 7.10. The first-order valence-electron chi connectivity index (χ1n) is 13.9. The number of fused-ring (bicyclic) bond motifs is 1. The fourth-order valence-electron chi connectivity index (χ4n) is 6.02. The molecule has 3 atom stereocenters. The number of piperidine rings is 1. The van der Waals surface area contributed by atoms with E-state index in [9.17, 15) is 45.8 Å². The number of aliphatic carboxylic acids is 1. The van der Waals surface area contributed by atoms with Gasteiger partial charge < -0.3 is 19.6 Å². The lowest BCUT2D eigenvalue weighted by Crippen LogP contribution is -2.69. The first-order chi connectivity index (χ1) is 21.2. The fraction of sp³-hybridized carbons (Fsp3) is 0.448. The number of likely N-dealkylation sites (tertiary alicyclic amines) is 1. The molecular weight excluding hydrogens is 648 g/mol. The Labute approximate surface area is 261 Å². The number of thiophene rings is 2. The Kier molecular flexibility index (Phi) is 8.92. The summed E-state index contributed by atoms with van der Waals surface area (Å²) >= 11 is 1.63. The van der Waals surface area contributed by atoms with Crippen LogP contribution in [-0.2, 0) is 34.9 Å². The standard InChI is InChI=1S/C29H27F6N3O5S2/c1-2-5-21-27(43-17-13-22(45-15-17)29(33,34)35,26(42)38-14-20-16(7-11-44-20)12-19(38)25(40)41)8-4-10-37(21)24(39)23-18(28(30,31)32)6-3-9-36-23/h3,6-7,9,11,13,15,19,21H,2,4-5,8,10,12,14H2,1H3,(H,40,41). The molecule has 1 saturated heterocycles. The topological polar surface area (TPSA) is 100 Å². The number of carboxylic acids is 1. The molecule has 0 saturated carbocycles. The molecule has 0 aromatic carbocycles. The molecule has 2 aliphatic heterocycles. The Morgan fingerprint density at radius 1 is 1.11 bits per heavy atom. The summed E-state index contributed by atoms with van der Waals surface area (Å²) in [4.78, 5) is 46.6. The molecule has 16 heteroatoms. The van der Waals surface area contributed by atoms with E-state index in [2.05, 4.69) is 4.98 Å². The summed E-state index contributed by atoms with van der Waals surface area (Å²) in [6.07, 6.45) is -8.44. The third kappa shape index (κ3) is 6.26. The minimum Gasteiger partial charge on any atom is -0.480 e. The fourth-order valence-corrected chi connectivity index (χ4v) is 7.61. The molecule has 45 heavy (non-hydrogen) atoms. The Morgan fingerprint density at radius 2 is 1.87 bits per heavy atom. The monoisotopic (exact) mass is 675 g/mol. The van der Waals surface area contributed by atoms with Crippen molar-refractivity contribution in [3.63, 3.8) is 0 Å². The predicted molar refractivity (Wildman–Crippen MR) is 151 cm³/mol. The number of halogens is 6. The van der Waals surface area contributed by atoms with E-state index in [1.54, 1.807) is 18.4 Å². The number of carbonyl (C=O) groups is 3. The molecule has 0 radical (unpaired) electrons. The summed E-state index contributed by atoms with van der Waals surface area (Å²) in [7, 11) is 0. The second kappa shape index (κ2) is 12.3. The van der Waals surface area contributed by atoms with Crippen molar-refractivity contribution >= 4 is 40.5 Å². The predicted octanol–water partition coefficient (Wildman–Crippen LogP) is 6.50. The average molecular weight is 676 g/mol. The van der Waals surface area contributed by atoms with Gasteiger partial charge in [0.1, 0.15) is 22.4 Å². The summed E-state index contributed by atoms with van der Waals surface area (Å²) in [5, 5.41) is 12.9. The normalized spacial score (nSPS) is 22.2. The Balaban J connectivity index is 1.64. The summed E-state index contributed by atoms with van der Waals surface area (Å²) in [5.74, 6) is -3.64. The van der Waals surface area contributed by atoms with Gasteiger partial charge in [-0.25, -0.2) is 4.79 Å². The van der Waals surface area contributed by atoms with E-state index in [0.29, 0.717) is 34.8 Å². The highest BCUT2D eigenvalue weighted by atomic mass is 32.1. The van der Waals surface area contributed by atoms with E-state index < -0.39 is 64.0 Å². The number of carbonyl (C=O) groups excluding carboxylic acids is 2. The number of aromatic nitrogens is 1. The number of hydrogen-bond donors (Lipinski definition) is 1. The van der Waals surface area contributed by atoms with Crippen molar-refractivity contribution in [3.05, 3.63) is 67.8 Å². The number of ether oxygens (including phenoxy) is 1. The summed E-state index contributed by atoms with van der Waals surface area (Å²) in [6.45, 7) is 1.49. The van der Waals surface area contributed by atoms with Crippen LogP contribution in [0.4, 0.5) is 26.3 Å². The van der Waals surface area contributed by atoms with Crippen LogP contribution in [0.2, 0.25) is 0 Å². The molecule has 242 valence electrons. The number of nitrogens with zero attached hydrogens (tertiary/aromatic N) is 3.